The number of aromatic nitrogens is 3. The number of imide groups is 1. The number of benzene rings is 2. The van der Waals surface area contributed by atoms with E-state index >= 15 is 0 Å². The Labute approximate surface area is 374 Å². The summed E-state index contributed by atoms with van der Waals surface area (Å²) in [4.78, 5) is 95.3. The summed E-state index contributed by atoms with van der Waals surface area (Å²) in [7, 11) is 0. The highest BCUT2D eigenvalue weighted by molar-refractivity contribution is 8.15. The third-order valence-electron chi connectivity index (χ3n) is 8.81. The molecule has 344 valence electrons. The lowest BCUT2D eigenvalue weighted by Gasteiger charge is -2.31. The fraction of sp³-hybridized carbons (Fsp3) is 0.389. The maximum absolute atomic E-state index is 14.6. The highest BCUT2D eigenvalue weighted by atomic mass is 35.5. The first-order valence-electron chi connectivity index (χ1n) is 18.3. The van der Waals surface area contributed by atoms with Gasteiger partial charge in [0.05, 0.1) is 57.7 Å². The molecule has 3 aromatic rings. The van der Waals surface area contributed by atoms with Crippen LogP contribution in [0.4, 0.5) is 47.8 Å². The van der Waals surface area contributed by atoms with Crippen molar-refractivity contribution in [3.05, 3.63) is 62.3 Å². The fourth-order valence-corrected chi connectivity index (χ4v) is 8.06. The third-order valence-corrected chi connectivity index (χ3v) is 11.3. The van der Waals surface area contributed by atoms with Crippen LogP contribution < -0.4 is 10.6 Å². The van der Waals surface area contributed by atoms with E-state index in [1.807, 2.05) is 0 Å². The Kier molecular flexibility index (Phi) is 15.9. The average Bonchev–Trinajstić information content (AvgIpc) is 3.82. The summed E-state index contributed by atoms with van der Waals surface area (Å²) in [6.45, 7) is 0.655. The van der Waals surface area contributed by atoms with Gasteiger partial charge in [-0.25, -0.2) is 33.0 Å². The van der Waals surface area contributed by atoms with Crippen LogP contribution in [-0.2, 0) is 38.2 Å². The number of halogens is 9. The molecule has 0 N–H and O–H groups in total. The van der Waals surface area contributed by atoms with Gasteiger partial charge in [0.25, 0.3) is 0 Å². The Morgan fingerprint density at radius 3 is 1.62 bits per heavy atom. The zero-order chi connectivity index (χ0) is 47.4. The van der Waals surface area contributed by atoms with Crippen LogP contribution in [0.2, 0.25) is 10.0 Å². The number of amidine groups is 2. The summed E-state index contributed by atoms with van der Waals surface area (Å²) in [6.07, 6.45) is -6.78. The van der Waals surface area contributed by atoms with Crippen molar-refractivity contribution < 1.29 is 69.0 Å². The first-order valence-corrected chi connectivity index (χ1v) is 21.0. The van der Waals surface area contributed by atoms with Gasteiger partial charge in [0, 0.05) is 12.8 Å². The molecule has 17 nitrogen and oxygen atoms in total. The van der Waals surface area contributed by atoms with Gasteiger partial charge in [-0.15, -0.1) is 5.10 Å². The van der Waals surface area contributed by atoms with Crippen LogP contribution in [0.15, 0.2) is 39.0 Å². The van der Waals surface area contributed by atoms with Gasteiger partial charge in [-0.1, -0.05) is 46.7 Å². The number of anilines is 1. The summed E-state index contributed by atoms with van der Waals surface area (Å²) in [6, 6.07) is 3.57. The van der Waals surface area contributed by atoms with Gasteiger partial charge in [-0.05, 0) is 45.0 Å². The van der Waals surface area contributed by atoms with Crippen LogP contribution >= 0.6 is 46.7 Å². The molecule has 4 amide bonds. The van der Waals surface area contributed by atoms with Gasteiger partial charge >= 0.3 is 30.4 Å². The van der Waals surface area contributed by atoms with E-state index in [0.29, 0.717) is 9.58 Å². The van der Waals surface area contributed by atoms with E-state index in [-0.39, 0.29) is 73.4 Å². The predicted molar refractivity (Wildman–Crippen MR) is 217 cm³/mol. The minimum atomic E-state index is -4.75. The quantitative estimate of drug-likeness (QED) is 0.122. The van der Waals surface area contributed by atoms with Crippen LogP contribution in [0, 0.1) is 24.5 Å². The Hall–Kier alpha value is -5.47. The fourth-order valence-electron chi connectivity index (χ4n) is 5.88. The van der Waals surface area contributed by atoms with Crippen LogP contribution in [0.25, 0.3) is 5.69 Å². The lowest BCUT2D eigenvalue weighted by molar-refractivity contribution is -0.185. The number of hydrogen-bond donors (Lipinski definition) is 0. The van der Waals surface area contributed by atoms with E-state index in [1.165, 1.54) is 6.92 Å². The Bertz CT molecular complexity index is 2500. The van der Waals surface area contributed by atoms with E-state index in [1.54, 1.807) is 13.8 Å². The molecule has 2 aromatic carbocycles. The molecular weight excluding hydrogens is 956 g/mol. The monoisotopic (exact) mass is 986 g/mol. The molecule has 3 fully saturated rings. The number of piperidine rings is 1. The molecule has 64 heavy (non-hydrogen) atoms. The van der Waals surface area contributed by atoms with Gasteiger partial charge in [-0.2, -0.15) is 26.6 Å². The second-order valence-corrected chi connectivity index (χ2v) is 15.8. The zero-order valence-corrected chi connectivity index (χ0v) is 36.2. The van der Waals surface area contributed by atoms with Crippen molar-refractivity contribution in [3.8, 4) is 5.69 Å². The van der Waals surface area contributed by atoms with Crippen molar-refractivity contribution in [2.45, 2.75) is 46.3 Å². The third kappa shape index (κ3) is 11.2. The topological polar surface area (TPSA) is 195 Å². The molecule has 0 spiro atoms. The molecule has 4 heterocycles. The number of hydrogen-bond acceptors (Lipinski definition) is 14. The maximum Gasteiger partial charge on any atom is 0.392 e. The molecule has 0 saturated carbocycles. The Morgan fingerprint density at radius 1 is 0.781 bits per heavy atom. The van der Waals surface area contributed by atoms with E-state index < -0.39 is 102 Å². The van der Waals surface area contributed by atoms with Gasteiger partial charge in [-0.3, -0.25) is 38.6 Å². The number of esters is 2. The first kappa shape index (κ1) is 49.5. The number of alkyl halides is 5. The van der Waals surface area contributed by atoms with Crippen molar-refractivity contribution in [2.24, 2.45) is 15.9 Å². The van der Waals surface area contributed by atoms with Crippen LogP contribution in [0.1, 0.15) is 39.1 Å². The van der Waals surface area contributed by atoms with Gasteiger partial charge in [0.2, 0.25) is 23.6 Å². The lowest BCUT2D eigenvalue weighted by atomic mass is 9.94. The molecule has 28 heteroatoms. The number of carbonyl (C=O) groups excluding carboxylic acids is 6. The molecule has 6 rings (SSSR count). The molecule has 0 unspecified atom stereocenters. The van der Waals surface area contributed by atoms with Crippen LogP contribution in [0.3, 0.4) is 0 Å². The van der Waals surface area contributed by atoms with E-state index in [2.05, 4.69) is 15.1 Å². The molecule has 3 saturated heterocycles. The number of thioether (sulfide) groups is 2. The molecule has 0 atom stereocenters. The number of aliphatic imine (C=N–C) groups is 2. The van der Waals surface area contributed by atoms with Gasteiger partial charge in [0.15, 0.2) is 16.2 Å². The van der Waals surface area contributed by atoms with E-state index in [4.69, 9.17) is 32.7 Å². The minimum Gasteiger partial charge on any atom is -0.465 e. The molecular formula is C36H31Cl2F7N8O9S2. The molecule has 1 aromatic heterocycles. The number of ether oxygens (including phenoxy) is 2. The smallest absolute Gasteiger partial charge is 0.392 e. The second-order valence-electron chi connectivity index (χ2n) is 13.1. The zero-order valence-electron chi connectivity index (χ0n) is 33.1. The lowest BCUT2D eigenvalue weighted by Crippen LogP contribution is -2.47. The standard InChI is InChI=1S/C19H16ClF4N3O5S.C17H15ClF3N5O4S/c1-2-32-17(31)7-26-16(30)8-33-18(26)25-12-6-13(11(21)5-10(12)20)27-14(28)3-9(4-15(27)29)19(22,23)24;1-3-30-14(28)6-24-13(27)7-31-16(24)22-11-5-12(10(19)4-9(11)18)26-17(29)25(15(20)21)8(2)23-26/h5-6,9H,2-4,7-8H2,1H3;4-5,15H,3,6-7H2,1-2H3. The molecule has 3 aliphatic heterocycles. The van der Waals surface area contributed by atoms with Gasteiger partial charge < -0.3 is 9.47 Å². The number of carbonyl (C=O) groups is 6. The van der Waals surface area contributed by atoms with Crippen molar-refractivity contribution in [3.63, 3.8) is 0 Å². The normalized spacial score (nSPS) is 17.3. The molecule has 3 aliphatic rings. The van der Waals surface area contributed by atoms with E-state index in [9.17, 15) is 64.3 Å². The van der Waals surface area contributed by atoms with Gasteiger partial charge in [0.1, 0.15) is 30.4 Å². The Morgan fingerprint density at radius 2 is 1.22 bits per heavy atom. The van der Waals surface area contributed by atoms with E-state index in [0.717, 1.165) is 57.6 Å². The second kappa shape index (κ2) is 20.6. The molecule has 0 aliphatic carbocycles. The highest BCUT2D eigenvalue weighted by Gasteiger charge is 2.48. The largest absolute Gasteiger partial charge is 0.465 e. The maximum atomic E-state index is 14.6. The number of nitrogens with zero attached hydrogens (tertiary/aromatic N) is 8. The summed E-state index contributed by atoms with van der Waals surface area (Å²) in [5.41, 5.74) is -2.53. The number of aryl methyl sites for hydroxylation is 1. The SMILES string of the molecule is CCOC(=O)CN1C(=O)CSC1=Nc1cc(-n2nc(C)n(C(F)F)c2=O)c(F)cc1Cl.CCOC(=O)CN1C(=O)CSC1=Nc1cc(N2C(=O)CC(C(F)(F)F)CC2=O)c(F)cc1Cl. The first-order chi connectivity index (χ1) is 30.1. The number of amides is 4. The highest BCUT2D eigenvalue weighted by Crippen LogP contribution is 2.40. The summed E-state index contributed by atoms with van der Waals surface area (Å²) in [5.74, 6) is -9.20. The van der Waals surface area contributed by atoms with Crippen LogP contribution in [0.5, 0.6) is 0 Å². The summed E-state index contributed by atoms with van der Waals surface area (Å²) < 4.78 is 104. The molecule has 0 bridgehead atoms. The summed E-state index contributed by atoms with van der Waals surface area (Å²) >= 11 is 14.1. The van der Waals surface area contributed by atoms with Crippen molar-refractivity contribution >= 4 is 110 Å². The Balaban J connectivity index is 0.000000241. The molecule has 0 radical (unpaired) electrons. The number of rotatable bonds is 11. The predicted octanol–water partition coefficient (Wildman–Crippen LogP) is 6.09. The minimum absolute atomic E-state index is 0.0152. The summed E-state index contributed by atoms with van der Waals surface area (Å²) in [5, 5.41) is 3.42. The van der Waals surface area contributed by atoms with Crippen molar-refractivity contribution in [1.82, 2.24) is 24.1 Å². The van der Waals surface area contributed by atoms with Crippen molar-refractivity contribution in [1.29, 1.82) is 0 Å². The van der Waals surface area contributed by atoms with Crippen molar-refractivity contribution in [2.75, 3.05) is 42.7 Å². The average molecular weight is 988 g/mol. The van der Waals surface area contributed by atoms with Crippen LogP contribution in [-0.4, -0.2) is 114 Å².